The van der Waals surface area contributed by atoms with Gasteiger partial charge in [-0.1, -0.05) is 38.0 Å². The number of nitrogens with zero attached hydrogens (tertiary/aromatic N) is 2. The van der Waals surface area contributed by atoms with Gasteiger partial charge in [0.15, 0.2) is 0 Å². The zero-order valence-corrected chi connectivity index (χ0v) is 26.3. The van der Waals surface area contributed by atoms with Crippen molar-refractivity contribution in [2.45, 2.75) is 78.2 Å². The third-order valence-electron chi connectivity index (χ3n) is 7.36. The molecule has 41 heavy (non-hydrogen) atoms. The Balaban J connectivity index is 1.95. The van der Waals surface area contributed by atoms with Gasteiger partial charge >= 0.3 is 5.69 Å². The Kier molecular flexibility index (Phi) is 10.3. The molecule has 0 spiro atoms. The molecule has 0 N–H and O–H groups in total. The van der Waals surface area contributed by atoms with Crippen molar-refractivity contribution in [3.63, 3.8) is 0 Å². The minimum Gasteiger partial charge on any atom is -0.496 e. The first kappa shape index (κ1) is 31.3. The first-order chi connectivity index (χ1) is 19.6. The van der Waals surface area contributed by atoms with Gasteiger partial charge in [-0.3, -0.25) is 13.9 Å². The highest BCUT2D eigenvalue weighted by Crippen LogP contribution is 2.52. The summed E-state index contributed by atoms with van der Waals surface area (Å²) in [5.74, 6) is 6.62. The van der Waals surface area contributed by atoms with Crippen molar-refractivity contribution in [1.82, 2.24) is 9.13 Å². The zero-order chi connectivity index (χ0) is 29.7. The normalized spacial score (nSPS) is 16.4. The second-order valence-corrected chi connectivity index (χ2v) is 14.3. The van der Waals surface area contributed by atoms with Crippen LogP contribution in [-0.4, -0.2) is 47.8 Å². The first-order valence-corrected chi connectivity index (χ1v) is 16.6. The van der Waals surface area contributed by atoms with E-state index < -0.39 is 24.7 Å². The largest absolute Gasteiger partial charge is 0.496 e. The minimum atomic E-state index is -3.36. The summed E-state index contributed by atoms with van der Waals surface area (Å²) in [6.45, 7) is 10.4. The van der Waals surface area contributed by atoms with E-state index in [1.165, 1.54) is 11.3 Å². The molecule has 1 aliphatic heterocycles. The predicted octanol–water partition coefficient (Wildman–Crippen LogP) is 5.53. The van der Waals surface area contributed by atoms with E-state index in [0.29, 0.717) is 39.6 Å². The third kappa shape index (κ3) is 6.55. The monoisotopic (exact) mass is 602 g/mol. The van der Waals surface area contributed by atoms with Crippen LogP contribution in [0.15, 0.2) is 33.9 Å². The highest BCUT2D eigenvalue weighted by atomic mass is 32.1. The molecule has 1 fully saturated rings. The Labute approximate surface area is 244 Å². The van der Waals surface area contributed by atoms with E-state index in [2.05, 4.69) is 11.8 Å². The standard InChI is InChI=1S/C30H39N2O7PS/c1-7-11-26-21(5)27-28(33)32(19-40(35,20(3)4)38-8-2)30(34)31(29(27)41-26)18-25(39-22-14-16-37-17-15-22)23-12-9-10-13-24(23)36-6/h9-10,12-13,20,22,25H,8,14-19H2,1-6H3/t25-,40?/m0/s1. The highest BCUT2D eigenvalue weighted by Gasteiger charge is 2.32. The van der Waals surface area contributed by atoms with Crippen molar-refractivity contribution < 1.29 is 23.3 Å². The number of rotatable bonds is 11. The van der Waals surface area contributed by atoms with E-state index in [9.17, 15) is 14.2 Å². The molecule has 2 aromatic heterocycles. The lowest BCUT2D eigenvalue weighted by molar-refractivity contribution is -0.0753. The number of para-hydroxylation sites is 1. The second-order valence-electron chi connectivity index (χ2n) is 10.3. The Morgan fingerprint density at radius 1 is 1.17 bits per heavy atom. The van der Waals surface area contributed by atoms with Gasteiger partial charge in [0, 0.05) is 24.4 Å². The van der Waals surface area contributed by atoms with Gasteiger partial charge in [0.1, 0.15) is 23.0 Å². The van der Waals surface area contributed by atoms with Crippen molar-refractivity contribution in [2.24, 2.45) is 0 Å². The maximum absolute atomic E-state index is 14.2. The van der Waals surface area contributed by atoms with E-state index in [0.717, 1.165) is 23.0 Å². The highest BCUT2D eigenvalue weighted by molar-refractivity contribution is 7.58. The van der Waals surface area contributed by atoms with Gasteiger partial charge in [-0.15, -0.1) is 17.3 Å². The summed E-state index contributed by atoms with van der Waals surface area (Å²) in [7, 11) is -1.76. The molecule has 1 saturated heterocycles. The van der Waals surface area contributed by atoms with Crippen LogP contribution >= 0.6 is 18.7 Å². The summed E-state index contributed by atoms with van der Waals surface area (Å²) in [4.78, 5) is 29.3. The number of aryl methyl sites for hydroxylation is 1. The first-order valence-electron chi connectivity index (χ1n) is 13.9. The Hall–Kier alpha value is -2.67. The molecule has 1 aliphatic rings. The van der Waals surface area contributed by atoms with E-state index in [1.54, 1.807) is 39.4 Å². The predicted molar refractivity (Wildman–Crippen MR) is 163 cm³/mol. The molecule has 0 saturated carbocycles. The summed E-state index contributed by atoms with van der Waals surface area (Å²) in [6, 6.07) is 7.58. The lowest BCUT2D eigenvalue weighted by Gasteiger charge is -2.29. The maximum atomic E-state index is 14.2. The lowest BCUT2D eigenvalue weighted by Crippen LogP contribution is -2.41. The molecule has 0 bridgehead atoms. The number of aromatic nitrogens is 2. The lowest BCUT2D eigenvalue weighted by atomic mass is 10.1. The minimum absolute atomic E-state index is 0.0681. The molecule has 3 aromatic rings. The molecule has 0 radical (unpaired) electrons. The molecule has 222 valence electrons. The van der Waals surface area contributed by atoms with Crippen LogP contribution in [0.2, 0.25) is 0 Å². The van der Waals surface area contributed by atoms with Crippen LogP contribution < -0.4 is 16.0 Å². The number of methoxy groups -OCH3 is 1. The van der Waals surface area contributed by atoms with Gasteiger partial charge in [0.25, 0.3) is 5.56 Å². The number of hydrogen-bond acceptors (Lipinski definition) is 8. The molecule has 9 nitrogen and oxygen atoms in total. The molecule has 2 atom stereocenters. The Morgan fingerprint density at radius 2 is 1.88 bits per heavy atom. The van der Waals surface area contributed by atoms with Crippen molar-refractivity contribution in [1.29, 1.82) is 0 Å². The third-order valence-corrected chi connectivity index (χ3v) is 11.5. The summed E-state index contributed by atoms with van der Waals surface area (Å²) in [6.07, 6.45) is 0.524. The Morgan fingerprint density at radius 3 is 2.51 bits per heavy atom. The van der Waals surface area contributed by atoms with Crippen LogP contribution in [0.5, 0.6) is 5.75 Å². The van der Waals surface area contributed by atoms with Crippen LogP contribution in [0.3, 0.4) is 0 Å². The smallest absolute Gasteiger partial charge is 0.332 e. The summed E-state index contributed by atoms with van der Waals surface area (Å²) >= 11 is 1.31. The SMILES string of the molecule is CC#Cc1sc2c(c1C)c(=O)n(CP(=O)(OCC)C(C)C)c(=O)n2C[C@H](OC1CCOCC1)c1ccccc1OC. The fourth-order valence-electron chi connectivity index (χ4n) is 5.04. The molecule has 1 aromatic carbocycles. The van der Waals surface area contributed by atoms with Gasteiger partial charge in [-0.05, 0) is 45.2 Å². The van der Waals surface area contributed by atoms with Crippen molar-refractivity contribution in [2.75, 3.05) is 26.9 Å². The Bertz CT molecular complexity index is 1600. The van der Waals surface area contributed by atoms with Gasteiger partial charge in [-0.25, -0.2) is 9.36 Å². The summed E-state index contributed by atoms with van der Waals surface area (Å²) < 4.78 is 40.0. The second kappa shape index (κ2) is 13.5. The van der Waals surface area contributed by atoms with Crippen molar-refractivity contribution in [3.8, 4) is 17.6 Å². The summed E-state index contributed by atoms with van der Waals surface area (Å²) in [5, 5.41) is 0.393. The number of ether oxygens (including phenoxy) is 3. The molecule has 3 heterocycles. The van der Waals surface area contributed by atoms with Gasteiger partial charge < -0.3 is 18.7 Å². The number of thiophene rings is 1. The van der Waals surface area contributed by atoms with E-state index in [-0.39, 0.29) is 31.2 Å². The van der Waals surface area contributed by atoms with Crippen LogP contribution in [0.4, 0.5) is 0 Å². The van der Waals surface area contributed by atoms with Crippen LogP contribution in [-0.2, 0) is 31.4 Å². The molecule has 4 rings (SSSR count). The number of benzene rings is 1. The zero-order valence-electron chi connectivity index (χ0n) is 24.6. The van der Waals surface area contributed by atoms with Crippen LogP contribution in [0.25, 0.3) is 10.2 Å². The van der Waals surface area contributed by atoms with E-state index in [1.807, 2.05) is 31.2 Å². The van der Waals surface area contributed by atoms with Gasteiger partial charge in [-0.2, -0.15) is 0 Å². The van der Waals surface area contributed by atoms with E-state index in [4.69, 9.17) is 18.7 Å². The fraction of sp³-hybridized carbons (Fsp3) is 0.533. The van der Waals surface area contributed by atoms with Gasteiger partial charge in [0.2, 0.25) is 7.37 Å². The van der Waals surface area contributed by atoms with Crippen LogP contribution in [0, 0.1) is 18.8 Å². The molecular formula is C30H39N2O7PS. The molecule has 1 unspecified atom stereocenters. The molecule has 0 aliphatic carbocycles. The molecule has 11 heteroatoms. The molecular weight excluding hydrogens is 563 g/mol. The quantitative estimate of drug-likeness (QED) is 0.210. The van der Waals surface area contributed by atoms with Gasteiger partial charge in [0.05, 0.1) is 36.6 Å². The average molecular weight is 603 g/mol. The van der Waals surface area contributed by atoms with Crippen molar-refractivity contribution in [3.05, 3.63) is 61.1 Å². The number of hydrogen-bond donors (Lipinski definition) is 0. The fourth-order valence-corrected chi connectivity index (χ4v) is 8.03. The van der Waals surface area contributed by atoms with Crippen molar-refractivity contribution >= 4 is 28.9 Å². The van der Waals surface area contributed by atoms with Crippen LogP contribution in [0.1, 0.15) is 62.6 Å². The maximum Gasteiger partial charge on any atom is 0.332 e. The topological polar surface area (TPSA) is 98.0 Å². The van der Waals surface area contributed by atoms with E-state index >= 15 is 0 Å². The average Bonchev–Trinajstić information content (AvgIpc) is 3.29. The number of fused-ring (bicyclic) bond motifs is 1. The summed E-state index contributed by atoms with van der Waals surface area (Å²) in [5.41, 5.74) is 0.0704. The molecule has 0 amide bonds.